The van der Waals surface area contributed by atoms with Crippen molar-refractivity contribution in [2.45, 2.75) is 53.4 Å². The third kappa shape index (κ3) is 7.25. The molecule has 2 N–H and O–H groups in total. The zero-order valence-corrected chi connectivity index (χ0v) is 22.4. The summed E-state index contributed by atoms with van der Waals surface area (Å²) in [5.74, 6) is -0.989. The maximum Gasteiger partial charge on any atom is 0.365 e. The molecule has 188 valence electrons. The van der Waals surface area contributed by atoms with Crippen molar-refractivity contribution in [1.82, 2.24) is 4.98 Å². The van der Waals surface area contributed by atoms with Crippen LogP contribution in [0.15, 0.2) is 94.5 Å². The molecule has 36 heavy (non-hydrogen) atoms. The summed E-state index contributed by atoms with van der Waals surface area (Å²) in [4.78, 5) is 27.8. The second-order valence-corrected chi connectivity index (χ2v) is 10.7. The number of benzene rings is 1. The SMILES string of the molecule is CC1=C(/C=C/C(C)=C/C=C/C(C)=C\C(=O)Nc2ccccc2)C(C)(C)CCC1c1csc(C(=O)O)n1. The predicted molar refractivity (Wildman–Crippen MR) is 148 cm³/mol. The van der Waals surface area contributed by atoms with E-state index >= 15 is 0 Å². The van der Waals surface area contributed by atoms with E-state index in [9.17, 15) is 14.7 Å². The van der Waals surface area contributed by atoms with Crippen LogP contribution in [0, 0.1) is 5.41 Å². The number of rotatable bonds is 8. The van der Waals surface area contributed by atoms with Gasteiger partial charge in [-0.15, -0.1) is 11.3 Å². The number of aromatic carboxylic acids is 1. The molecule has 1 aromatic carbocycles. The molecule has 0 bridgehead atoms. The first kappa shape index (κ1) is 27.1. The van der Waals surface area contributed by atoms with E-state index < -0.39 is 5.97 Å². The Balaban J connectivity index is 1.70. The van der Waals surface area contributed by atoms with Gasteiger partial charge in [0.25, 0.3) is 0 Å². The number of carbonyl (C=O) groups is 2. The summed E-state index contributed by atoms with van der Waals surface area (Å²) in [7, 11) is 0. The molecule has 3 rings (SSSR count). The van der Waals surface area contributed by atoms with Gasteiger partial charge in [-0.25, -0.2) is 9.78 Å². The first-order valence-corrected chi connectivity index (χ1v) is 12.9. The van der Waals surface area contributed by atoms with Crippen LogP contribution in [-0.4, -0.2) is 22.0 Å². The topological polar surface area (TPSA) is 79.3 Å². The minimum atomic E-state index is -0.972. The van der Waals surface area contributed by atoms with Crippen molar-refractivity contribution in [2.24, 2.45) is 5.41 Å². The minimum absolute atomic E-state index is 0.0320. The number of hydrogen-bond donors (Lipinski definition) is 2. The number of allylic oxidation sites excluding steroid dienone is 9. The van der Waals surface area contributed by atoms with Crippen molar-refractivity contribution in [3.63, 3.8) is 0 Å². The summed E-state index contributed by atoms with van der Waals surface area (Å²) in [5.41, 5.74) is 6.12. The summed E-state index contributed by atoms with van der Waals surface area (Å²) < 4.78 is 0. The summed E-state index contributed by atoms with van der Waals surface area (Å²) in [6, 6.07) is 9.38. The number of anilines is 1. The van der Waals surface area contributed by atoms with Gasteiger partial charge in [-0.05, 0) is 62.3 Å². The highest BCUT2D eigenvalue weighted by Crippen LogP contribution is 2.47. The highest BCUT2D eigenvalue weighted by Gasteiger charge is 2.33. The number of carbonyl (C=O) groups excluding carboxylic acids is 1. The van der Waals surface area contributed by atoms with Gasteiger partial charge < -0.3 is 10.4 Å². The minimum Gasteiger partial charge on any atom is -0.476 e. The van der Waals surface area contributed by atoms with Gasteiger partial charge in [0, 0.05) is 23.1 Å². The van der Waals surface area contributed by atoms with Crippen LogP contribution < -0.4 is 5.32 Å². The molecule has 1 aromatic heterocycles. The fourth-order valence-electron chi connectivity index (χ4n) is 4.43. The van der Waals surface area contributed by atoms with Crippen molar-refractivity contribution in [2.75, 3.05) is 5.32 Å². The quantitative estimate of drug-likeness (QED) is 0.286. The molecule has 0 fully saturated rings. The standard InChI is InChI=1S/C30H34N2O3S/c1-20(10-9-11-21(2)18-27(33)31-23-12-7-6-8-13-23)14-15-25-22(3)24(16-17-30(25,4)5)26-19-36-28(32-26)29(34)35/h6-15,18-19,24H,16-17H2,1-5H3,(H,31,33)(H,34,35)/b11-9+,15-14+,20-10+,21-18-. The maximum atomic E-state index is 12.2. The average molecular weight is 503 g/mol. The molecule has 1 heterocycles. The third-order valence-corrected chi connectivity index (χ3v) is 7.28. The Morgan fingerprint density at radius 2 is 1.86 bits per heavy atom. The van der Waals surface area contributed by atoms with Crippen LogP contribution in [0.1, 0.15) is 68.9 Å². The van der Waals surface area contributed by atoms with Gasteiger partial charge in [0.05, 0.1) is 5.69 Å². The predicted octanol–water partition coefficient (Wildman–Crippen LogP) is 7.71. The Hall–Kier alpha value is -3.51. The molecule has 1 amide bonds. The van der Waals surface area contributed by atoms with Gasteiger partial charge in [-0.1, -0.05) is 73.6 Å². The largest absolute Gasteiger partial charge is 0.476 e. The molecule has 0 saturated carbocycles. The number of thiazole rings is 1. The lowest BCUT2D eigenvalue weighted by molar-refractivity contribution is -0.111. The van der Waals surface area contributed by atoms with E-state index in [2.05, 4.69) is 43.2 Å². The fraction of sp³-hybridized carbons (Fsp3) is 0.300. The number of carboxylic acids is 1. The van der Waals surface area contributed by atoms with Gasteiger partial charge in [0.2, 0.25) is 10.9 Å². The molecule has 1 unspecified atom stereocenters. The van der Waals surface area contributed by atoms with Crippen molar-refractivity contribution in [3.05, 3.63) is 105 Å². The van der Waals surface area contributed by atoms with Crippen LogP contribution in [0.5, 0.6) is 0 Å². The summed E-state index contributed by atoms with van der Waals surface area (Å²) in [5, 5.41) is 14.1. The van der Waals surface area contributed by atoms with Crippen LogP contribution in [0.3, 0.4) is 0 Å². The third-order valence-electron chi connectivity index (χ3n) is 6.43. The van der Waals surface area contributed by atoms with E-state index in [4.69, 9.17) is 0 Å². The van der Waals surface area contributed by atoms with Gasteiger partial charge >= 0.3 is 5.97 Å². The Morgan fingerprint density at radius 1 is 1.14 bits per heavy atom. The number of nitrogens with one attached hydrogen (secondary N) is 1. The molecular weight excluding hydrogens is 468 g/mol. The Kier molecular flexibility index (Phi) is 8.99. The highest BCUT2D eigenvalue weighted by atomic mass is 32.1. The highest BCUT2D eigenvalue weighted by molar-refractivity contribution is 7.11. The number of hydrogen-bond acceptors (Lipinski definition) is 4. The molecule has 0 saturated heterocycles. The fourth-order valence-corrected chi connectivity index (χ4v) is 5.13. The van der Waals surface area contributed by atoms with Crippen LogP contribution >= 0.6 is 11.3 Å². The molecular formula is C30H34N2O3S. The number of carboxylic acid groups (broad SMARTS) is 1. The summed E-state index contributed by atoms with van der Waals surface area (Å²) >= 11 is 1.19. The van der Waals surface area contributed by atoms with Gasteiger partial charge in [-0.2, -0.15) is 0 Å². The average Bonchev–Trinajstić information content (AvgIpc) is 3.29. The van der Waals surface area contributed by atoms with Crippen LogP contribution in [0.4, 0.5) is 5.69 Å². The molecule has 1 atom stereocenters. The molecule has 2 aromatic rings. The lowest BCUT2D eigenvalue weighted by atomic mass is 9.68. The van der Waals surface area contributed by atoms with Crippen molar-refractivity contribution >= 4 is 28.9 Å². The van der Waals surface area contributed by atoms with E-state index in [1.165, 1.54) is 22.5 Å². The molecule has 1 aliphatic rings. The van der Waals surface area contributed by atoms with Crippen molar-refractivity contribution in [1.29, 1.82) is 0 Å². The Bertz CT molecular complexity index is 1260. The molecule has 0 radical (unpaired) electrons. The van der Waals surface area contributed by atoms with E-state index in [0.29, 0.717) is 0 Å². The Labute approximate surface area is 217 Å². The van der Waals surface area contributed by atoms with Crippen molar-refractivity contribution < 1.29 is 14.7 Å². The van der Waals surface area contributed by atoms with E-state index in [1.807, 2.05) is 67.8 Å². The second-order valence-electron chi connectivity index (χ2n) is 9.80. The normalized spacial score (nSPS) is 18.8. The van der Waals surface area contributed by atoms with Crippen LogP contribution in [-0.2, 0) is 4.79 Å². The smallest absolute Gasteiger partial charge is 0.365 e. The number of para-hydroxylation sites is 1. The monoisotopic (exact) mass is 502 g/mol. The van der Waals surface area contributed by atoms with E-state index in [1.54, 1.807) is 6.08 Å². The molecule has 1 aliphatic carbocycles. The molecule has 0 aliphatic heterocycles. The van der Waals surface area contributed by atoms with Gasteiger partial charge in [0.15, 0.2) is 0 Å². The van der Waals surface area contributed by atoms with Gasteiger partial charge in [0.1, 0.15) is 0 Å². The van der Waals surface area contributed by atoms with Gasteiger partial charge in [-0.3, -0.25) is 4.79 Å². The number of aromatic nitrogens is 1. The molecule has 6 heteroatoms. The zero-order valence-electron chi connectivity index (χ0n) is 21.5. The second kappa shape index (κ2) is 12.0. The molecule has 5 nitrogen and oxygen atoms in total. The number of amides is 1. The van der Waals surface area contributed by atoms with Crippen LogP contribution in [0.25, 0.3) is 0 Å². The summed E-state index contributed by atoms with van der Waals surface area (Å²) in [6.45, 7) is 10.6. The lowest BCUT2D eigenvalue weighted by Crippen LogP contribution is -2.23. The summed E-state index contributed by atoms with van der Waals surface area (Å²) in [6.07, 6.45) is 13.7. The Morgan fingerprint density at radius 3 is 2.53 bits per heavy atom. The van der Waals surface area contributed by atoms with Crippen molar-refractivity contribution in [3.8, 4) is 0 Å². The first-order valence-electron chi connectivity index (χ1n) is 12.0. The lowest BCUT2D eigenvalue weighted by Gasteiger charge is -2.37. The number of nitrogens with zero attached hydrogens (tertiary/aromatic N) is 1. The van der Waals surface area contributed by atoms with E-state index in [0.717, 1.165) is 35.4 Å². The zero-order chi connectivity index (χ0) is 26.3. The van der Waals surface area contributed by atoms with Crippen LogP contribution in [0.2, 0.25) is 0 Å². The first-order chi connectivity index (χ1) is 17.1. The molecule has 0 spiro atoms. The van der Waals surface area contributed by atoms with E-state index in [-0.39, 0.29) is 22.2 Å². The maximum absolute atomic E-state index is 12.2.